The van der Waals surface area contributed by atoms with Gasteiger partial charge < -0.3 is 4.74 Å². The molecule has 5 aromatic rings. The maximum Gasteiger partial charge on any atom is 0.439 e. The number of H-pyrrole nitrogens is 1. The Morgan fingerprint density at radius 2 is 1.77 bits per heavy atom. The van der Waals surface area contributed by atoms with Crippen LogP contribution in [0.2, 0.25) is 0 Å². The fourth-order valence-electron chi connectivity index (χ4n) is 5.38. The van der Waals surface area contributed by atoms with Crippen molar-refractivity contribution < 1.29 is 9.26 Å². The van der Waals surface area contributed by atoms with Crippen molar-refractivity contribution in [2.45, 2.75) is 46.0 Å². The molecule has 2 aromatic heterocycles. The van der Waals surface area contributed by atoms with Crippen LogP contribution in [0.5, 0.6) is 5.75 Å². The van der Waals surface area contributed by atoms with Gasteiger partial charge in [0, 0.05) is 30.4 Å². The Balaban J connectivity index is 1.38. The lowest BCUT2D eigenvalue weighted by molar-refractivity contribution is 0.357. The van der Waals surface area contributed by atoms with E-state index in [1.807, 2.05) is 67.6 Å². The van der Waals surface area contributed by atoms with E-state index in [-0.39, 0.29) is 5.56 Å². The largest absolute Gasteiger partial charge is 0.493 e. The quantitative estimate of drug-likeness (QED) is 0.290. The zero-order chi connectivity index (χ0) is 27.6. The van der Waals surface area contributed by atoms with E-state index < -0.39 is 5.76 Å². The van der Waals surface area contributed by atoms with E-state index in [0.717, 1.165) is 75.6 Å². The van der Waals surface area contributed by atoms with Gasteiger partial charge in [-0.15, -0.1) is 0 Å². The lowest BCUT2D eigenvalue weighted by Gasteiger charge is -2.17. The van der Waals surface area contributed by atoms with Gasteiger partial charge in [-0.1, -0.05) is 74.0 Å². The Morgan fingerprint density at radius 1 is 0.975 bits per heavy atom. The summed E-state index contributed by atoms with van der Waals surface area (Å²) in [5.74, 6) is 1.45. The third-order valence-electron chi connectivity index (χ3n) is 7.33. The van der Waals surface area contributed by atoms with Crippen LogP contribution < -0.4 is 16.1 Å². The van der Waals surface area contributed by atoms with Gasteiger partial charge in [0.2, 0.25) is 0 Å². The highest BCUT2D eigenvalue weighted by atomic mass is 16.5. The monoisotopic (exact) mass is 534 g/mol. The van der Waals surface area contributed by atoms with E-state index in [1.54, 1.807) is 4.57 Å². The van der Waals surface area contributed by atoms with Crippen molar-refractivity contribution in [3.63, 3.8) is 0 Å². The Bertz CT molecular complexity index is 1800. The zero-order valence-corrected chi connectivity index (χ0v) is 22.6. The molecule has 0 spiro atoms. The Kier molecular flexibility index (Phi) is 6.90. The van der Waals surface area contributed by atoms with Crippen molar-refractivity contribution in [1.82, 2.24) is 19.7 Å². The number of hydrogen-bond acceptors (Lipinski definition) is 6. The predicted octanol–water partition coefficient (Wildman–Crippen LogP) is 5.28. The average Bonchev–Trinajstić information content (AvgIpc) is 3.63. The van der Waals surface area contributed by atoms with Crippen molar-refractivity contribution in [3.8, 4) is 34.0 Å². The van der Waals surface area contributed by atoms with Crippen LogP contribution >= 0.6 is 0 Å². The predicted molar refractivity (Wildman–Crippen MR) is 153 cm³/mol. The molecule has 0 fully saturated rings. The van der Waals surface area contributed by atoms with Crippen LogP contribution in [0, 0.1) is 0 Å². The van der Waals surface area contributed by atoms with Crippen molar-refractivity contribution in [2.24, 2.45) is 0 Å². The highest BCUT2D eigenvalue weighted by Gasteiger charge is 2.20. The fourth-order valence-corrected chi connectivity index (χ4v) is 5.38. The van der Waals surface area contributed by atoms with E-state index in [2.05, 4.69) is 23.1 Å². The lowest BCUT2D eigenvalue weighted by atomic mass is 9.96. The molecule has 0 atom stereocenters. The molecule has 3 aromatic carbocycles. The summed E-state index contributed by atoms with van der Waals surface area (Å²) in [6, 6.07) is 21.8. The highest BCUT2D eigenvalue weighted by molar-refractivity contribution is 5.80. The van der Waals surface area contributed by atoms with Gasteiger partial charge in [0.25, 0.3) is 5.56 Å². The summed E-state index contributed by atoms with van der Waals surface area (Å²) in [5, 5.41) is 3.85. The molecule has 0 bridgehead atoms. The number of aromatic amines is 1. The minimum atomic E-state index is -0.593. The first-order chi connectivity index (χ1) is 19.6. The maximum absolute atomic E-state index is 14.1. The molecule has 1 N–H and O–H groups in total. The van der Waals surface area contributed by atoms with E-state index in [0.29, 0.717) is 25.3 Å². The number of fused-ring (bicyclic) bond motifs is 1. The molecule has 8 heteroatoms. The van der Waals surface area contributed by atoms with Gasteiger partial charge in [-0.2, -0.15) is 0 Å². The second-order valence-electron chi connectivity index (χ2n) is 9.95. The van der Waals surface area contributed by atoms with Gasteiger partial charge in [-0.25, -0.2) is 9.78 Å². The maximum atomic E-state index is 14.1. The summed E-state index contributed by atoms with van der Waals surface area (Å²) in [7, 11) is 0. The number of ether oxygens (including phenoxy) is 1. The third-order valence-corrected chi connectivity index (χ3v) is 7.33. The summed E-state index contributed by atoms with van der Waals surface area (Å²) in [6.45, 7) is 4.82. The minimum absolute atomic E-state index is 0.0152. The van der Waals surface area contributed by atoms with Crippen molar-refractivity contribution in [2.75, 3.05) is 6.61 Å². The first-order valence-corrected chi connectivity index (χ1v) is 13.7. The van der Waals surface area contributed by atoms with Crippen LogP contribution in [0.25, 0.3) is 28.2 Å². The Hall–Kier alpha value is -4.72. The summed E-state index contributed by atoms with van der Waals surface area (Å²) in [5.41, 5.74) is 7.21. The molecular formula is C32H30N4O4. The molecule has 8 nitrogen and oxygen atoms in total. The van der Waals surface area contributed by atoms with Crippen molar-refractivity contribution >= 4 is 0 Å². The van der Waals surface area contributed by atoms with Gasteiger partial charge in [-0.05, 0) is 46.9 Å². The average molecular weight is 535 g/mol. The van der Waals surface area contributed by atoms with Gasteiger partial charge in [0.05, 0.1) is 18.0 Å². The van der Waals surface area contributed by atoms with Gasteiger partial charge in [0.1, 0.15) is 11.6 Å². The standard InChI is InChI=1S/C32H30N4O4/c1-3-7-27-26(31(37)36(29(4-2)33-27)23-14-15-28-22(19-23)16-17-39-28)18-20-10-12-21(13-11-20)24-8-5-6-9-25(24)30-34-32(38)40-35-30/h5-6,8-15,19H,3-4,7,16-18H2,1-2H3,(H,34,35,38). The first-order valence-electron chi connectivity index (χ1n) is 13.7. The second-order valence-corrected chi connectivity index (χ2v) is 9.95. The molecule has 0 saturated carbocycles. The van der Waals surface area contributed by atoms with Crippen molar-refractivity contribution in [3.05, 3.63) is 116 Å². The first kappa shape index (κ1) is 25.6. The number of rotatable bonds is 8. The number of nitrogens with one attached hydrogen (secondary N) is 1. The van der Waals surface area contributed by atoms with Crippen LogP contribution in [0.4, 0.5) is 0 Å². The number of aromatic nitrogens is 4. The van der Waals surface area contributed by atoms with Crippen molar-refractivity contribution in [1.29, 1.82) is 0 Å². The normalized spacial score (nSPS) is 12.3. The molecule has 6 rings (SSSR count). The van der Waals surface area contributed by atoms with Crippen LogP contribution in [-0.2, 0) is 25.7 Å². The molecule has 0 unspecified atom stereocenters. The van der Waals surface area contributed by atoms with Crippen LogP contribution in [0.1, 0.15) is 48.5 Å². The van der Waals surface area contributed by atoms with E-state index in [9.17, 15) is 9.59 Å². The molecule has 1 aliphatic heterocycles. The molecule has 0 amide bonds. The van der Waals surface area contributed by atoms with Gasteiger partial charge in [-0.3, -0.25) is 18.9 Å². The van der Waals surface area contributed by atoms with Crippen LogP contribution in [0.3, 0.4) is 0 Å². The molecule has 3 heterocycles. The zero-order valence-electron chi connectivity index (χ0n) is 22.6. The molecule has 40 heavy (non-hydrogen) atoms. The fraction of sp³-hybridized carbons (Fsp3) is 0.250. The number of hydrogen-bond donors (Lipinski definition) is 1. The molecule has 202 valence electrons. The Morgan fingerprint density at radius 3 is 2.50 bits per heavy atom. The molecule has 0 aliphatic carbocycles. The number of benzene rings is 3. The van der Waals surface area contributed by atoms with E-state index >= 15 is 0 Å². The van der Waals surface area contributed by atoms with E-state index in [1.165, 1.54) is 0 Å². The summed E-state index contributed by atoms with van der Waals surface area (Å²) in [6.07, 6.45) is 3.64. The topological polar surface area (TPSA) is 103 Å². The Labute approximate surface area is 231 Å². The number of aryl methyl sites for hydroxylation is 2. The van der Waals surface area contributed by atoms with E-state index in [4.69, 9.17) is 14.2 Å². The van der Waals surface area contributed by atoms with Gasteiger partial charge >= 0.3 is 5.76 Å². The van der Waals surface area contributed by atoms with Crippen LogP contribution in [-0.4, -0.2) is 26.3 Å². The van der Waals surface area contributed by atoms with Gasteiger partial charge in [0.15, 0.2) is 5.82 Å². The molecule has 0 radical (unpaired) electrons. The molecule has 0 saturated heterocycles. The number of nitrogens with zero attached hydrogens (tertiary/aromatic N) is 3. The summed E-state index contributed by atoms with van der Waals surface area (Å²) >= 11 is 0. The summed E-state index contributed by atoms with van der Waals surface area (Å²) in [4.78, 5) is 33.2. The smallest absolute Gasteiger partial charge is 0.439 e. The molecular weight excluding hydrogens is 504 g/mol. The van der Waals surface area contributed by atoms with Crippen LogP contribution in [0.15, 0.2) is 80.8 Å². The SMILES string of the molecule is CCCc1nc(CC)n(-c2ccc3c(c2)CCO3)c(=O)c1Cc1ccc(-c2ccccc2-c2noc(=O)[nH]2)cc1. The summed E-state index contributed by atoms with van der Waals surface area (Å²) < 4.78 is 12.2. The third kappa shape index (κ3) is 4.77. The second kappa shape index (κ2) is 10.8. The minimum Gasteiger partial charge on any atom is -0.493 e. The molecule has 1 aliphatic rings. The lowest BCUT2D eigenvalue weighted by Crippen LogP contribution is -2.29. The highest BCUT2D eigenvalue weighted by Crippen LogP contribution is 2.31.